The number of halogens is 3. The average Bonchev–Trinajstić information content (AvgIpc) is 3.14. The van der Waals surface area contributed by atoms with Crippen molar-refractivity contribution >= 4 is 5.97 Å². The molecule has 0 heterocycles. The molecule has 0 saturated heterocycles. The van der Waals surface area contributed by atoms with Gasteiger partial charge in [0.25, 0.3) is 0 Å². The maximum Gasteiger partial charge on any atom is 0.313 e. The van der Waals surface area contributed by atoms with Crippen molar-refractivity contribution in [3.8, 4) is 5.75 Å². The average molecular weight is 774 g/mol. The van der Waals surface area contributed by atoms with Crippen LogP contribution in [0.2, 0.25) is 0 Å². The Morgan fingerprint density at radius 1 is 0.472 bits per heavy atom. The van der Waals surface area contributed by atoms with Gasteiger partial charge in [0.1, 0.15) is 5.82 Å². The summed E-state index contributed by atoms with van der Waals surface area (Å²) in [6, 6.07) is 0.846. The highest BCUT2D eigenvalue weighted by Crippen LogP contribution is 2.23. The number of esters is 1. The summed E-state index contributed by atoms with van der Waals surface area (Å²) in [5, 5.41) is 3.36. The fraction of sp³-hybridized carbons (Fsp3) is 0.788. The minimum absolute atomic E-state index is 0.0392. The number of rotatable bonds is 40. The van der Waals surface area contributed by atoms with Gasteiger partial charge in [0.2, 0.25) is 5.75 Å². The summed E-state index contributed by atoms with van der Waals surface area (Å²) >= 11 is 0. The molecule has 0 radical (unpaired) electrons. The number of ether oxygens (including phenoxy) is 13. The van der Waals surface area contributed by atoms with E-state index < -0.39 is 29.2 Å². The Balaban J connectivity index is 1.67. The maximum absolute atomic E-state index is 13.5. The Morgan fingerprint density at radius 3 is 1.02 bits per heavy atom. The van der Waals surface area contributed by atoms with Crippen LogP contribution in [0.4, 0.5) is 13.2 Å². The molecular formula is C33H54F3N3O14. The highest BCUT2D eigenvalue weighted by atomic mass is 19.1. The van der Waals surface area contributed by atoms with Crippen LogP contribution in [0, 0.1) is 17.5 Å². The van der Waals surface area contributed by atoms with E-state index in [1.807, 2.05) is 0 Å². The fourth-order valence-electron chi connectivity index (χ4n) is 3.62. The van der Waals surface area contributed by atoms with E-state index in [4.69, 9.17) is 62.4 Å². The molecule has 0 atom stereocenters. The summed E-state index contributed by atoms with van der Waals surface area (Å²) in [5.74, 6) is -5.58. The maximum atomic E-state index is 13.5. The van der Waals surface area contributed by atoms with Gasteiger partial charge in [-0.15, -0.1) is 0 Å². The van der Waals surface area contributed by atoms with Gasteiger partial charge in [0, 0.05) is 23.6 Å². The number of carbonyl (C=O) groups is 1. The SMILES string of the molecule is [N-]=[N+]=NCCOCCOCCOCCOCCOCCOCCOCCOCCOCCOCCOCCOCCC(=O)Oc1c(F)cc(F)cc1F. The summed E-state index contributed by atoms with van der Waals surface area (Å²) < 4.78 is 109. The first-order valence-corrected chi connectivity index (χ1v) is 17.3. The van der Waals surface area contributed by atoms with Crippen molar-refractivity contribution in [2.75, 3.05) is 165 Å². The lowest BCUT2D eigenvalue weighted by atomic mass is 10.3. The van der Waals surface area contributed by atoms with Gasteiger partial charge in [-0.05, 0) is 5.53 Å². The Morgan fingerprint density at radius 2 is 0.736 bits per heavy atom. The molecule has 306 valence electrons. The van der Waals surface area contributed by atoms with E-state index in [-0.39, 0.29) is 26.2 Å². The van der Waals surface area contributed by atoms with Gasteiger partial charge in [-0.1, -0.05) is 5.11 Å². The number of hydrogen-bond donors (Lipinski definition) is 0. The summed E-state index contributed by atoms with van der Waals surface area (Å²) in [6.45, 7) is 9.93. The zero-order chi connectivity index (χ0) is 38.3. The Bertz CT molecular complexity index is 1040. The minimum Gasteiger partial charge on any atom is -0.420 e. The first-order chi connectivity index (χ1) is 26.0. The molecular weight excluding hydrogens is 719 g/mol. The Hall–Kier alpha value is -2.69. The normalized spacial score (nSPS) is 11.2. The molecule has 0 unspecified atom stereocenters. The molecule has 0 fully saturated rings. The fourth-order valence-corrected chi connectivity index (χ4v) is 3.62. The van der Waals surface area contributed by atoms with Crippen molar-refractivity contribution in [1.29, 1.82) is 0 Å². The molecule has 17 nitrogen and oxygen atoms in total. The molecule has 0 spiro atoms. The van der Waals surface area contributed by atoms with Crippen molar-refractivity contribution < 1.29 is 79.5 Å². The zero-order valence-electron chi connectivity index (χ0n) is 30.2. The van der Waals surface area contributed by atoms with Gasteiger partial charge in [-0.2, -0.15) is 0 Å². The monoisotopic (exact) mass is 773 g/mol. The highest BCUT2D eigenvalue weighted by molar-refractivity contribution is 5.72. The van der Waals surface area contributed by atoms with Crippen LogP contribution in [-0.2, 0) is 61.6 Å². The summed E-state index contributed by atoms with van der Waals surface area (Å²) in [7, 11) is 0. The van der Waals surface area contributed by atoms with Crippen molar-refractivity contribution in [3.63, 3.8) is 0 Å². The molecule has 53 heavy (non-hydrogen) atoms. The first-order valence-electron chi connectivity index (χ1n) is 17.3. The second-order valence-corrected chi connectivity index (χ2v) is 10.2. The number of nitrogens with zero attached hydrogens (tertiary/aromatic N) is 3. The van der Waals surface area contributed by atoms with Crippen LogP contribution in [0.25, 0.3) is 10.4 Å². The quantitative estimate of drug-likeness (QED) is 0.0237. The molecule has 0 aliphatic heterocycles. The van der Waals surface area contributed by atoms with Gasteiger partial charge in [-0.3, -0.25) is 4.79 Å². The third-order valence-electron chi connectivity index (χ3n) is 6.12. The van der Waals surface area contributed by atoms with E-state index in [1.165, 1.54) is 0 Å². The lowest BCUT2D eigenvalue weighted by Crippen LogP contribution is -2.16. The number of benzene rings is 1. The lowest BCUT2D eigenvalue weighted by Gasteiger charge is -2.09. The molecule has 0 amide bonds. The van der Waals surface area contributed by atoms with E-state index >= 15 is 0 Å². The van der Waals surface area contributed by atoms with Crippen molar-refractivity contribution in [1.82, 2.24) is 0 Å². The van der Waals surface area contributed by atoms with Crippen LogP contribution < -0.4 is 4.74 Å². The summed E-state index contributed by atoms with van der Waals surface area (Å²) in [6.07, 6.45) is -0.245. The zero-order valence-corrected chi connectivity index (χ0v) is 30.2. The predicted octanol–water partition coefficient (Wildman–Crippen LogP) is 2.91. The molecule has 0 N–H and O–H groups in total. The van der Waals surface area contributed by atoms with Gasteiger partial charge in [0.15, 0.2) is 11.6 Å². The van der Waals surface area contributed by atoms with Crippen molar-refractivity contribution in [3.05, 3.63) is 40.0 Å². The Kier molecular flexibility index (Phi) is 34.3. The van der Waals surface area contributed by atoms with Gasteiger partial charge < -0.3 is 61.6 Å². The molecule has 1 aromatic rings. The summed E-state index contributed by atoms with van der Waals surface area (Å²) in [5.41, 5.74) is 8.14. The largest absolute Gasteiger partial charge is 0.420 e. The van der Waals surface area contributed by atoms with Crippen LogP contribution in [0.3, 0.4) is 0 Å². The van der Waals surface area contributed by atoms with E-state index in [2.05, 4.69) is 14.8 Å². The second kappa shape index (κ2) is 37.6. The van der Waals surface area contributed by atoms with Crippen LogP contribution in [-0.4, -0.2) is 171 Å². The third-order valence-corrected chi connectivity index (χ3v) is 6.12. The van der Waals surface area contributed by atoms with Crippen LogP contribution in [0.1, 0.15) is 6.42 Å². The highest BCUT2D eigenvalue weighted by Gasteiger charge is 2.16. The van der Waals surface area contributed by atoms with Crippen molar-refractivity contribution in [2.45, 2.75) is 6.42 Å². The third kappa shape index (κ3) is 32.5. The van der Waals surface area contributed by atoms with Gasteiger partial charge in [-0.25, -0.2) is 13.2 Å². The van der Waals surface area contributed by atoms with Crippen LogP contribution in [0.15, 0.2) is 17.2 Å². The number of carbonyl (C=O) groups excluding carboxylic acids is 1. The number of azide groups is 1. The smallest absolute Gasteiger partial charge is 0.313 e. The number of hydrogen-bond acceptors (Lipinski definition) is 15. The molecule has 0 bridgehead atoms. The predicted molar refractivity (Wildman–Crippen MR) is 180 cm³/mol. The topological polar surface area (TPSA) is 186 Å². The molecule has 0 aliphatic rings. The molecule has 0 saturated carbocycles. The molecule has 0 aromatic heterocycles. The summed E-state index contributed by atoms with van der Waals surface area (Å²) in [4.78, 5) is 14.3. The van der Waals surface area contributed by atoms with E-state index in [0.29, 0.717) is 157 Å². The first kappa shape index (κ1) is 48.3. The lowest BCUT2D eigenvalue weighted by molar-refractivity contribution is -0.136. The second-order valence-electron chi connectivity index (χ2n) is 10.2. The van der Waals surface area contributed by atoms with Crippen molar-refractivity contribution in [2.24, 2.45) is 5.11 Å². The van der Waals surface area contributed by atoms with E-state index in [9.17, 15) is 18.0 Å². The van der Waals surface area contributed by atoms with E-state index in [0.717, 1.165) is 0 Å². The van der Waals surface area contributed by atoms with Gasteiger partial charge in [0.05, 0.1) is 165 Å². The van der Waals surface area contributed by atoms with E-state index in [1.54, 1.807) is 0 Å². The standard InChI is InChI=1S/C33H54F3N3O14/c34-29-27-30(35)33(31(36)28-29)53-32(40)1-3-41-5-7-43-9-11-45-13-15-47-17-19-49-21-23-51-25-26-52-24-22-50-20-18-48-16-14-46-12-10-44-8-6-42-4-2-38-39-37/h27-28H,1-26H2. The molecule has 0 aliphatic carbocycles. The molecule has 1 aromatic carbocycles. The molecule has 20 heteroatoms. The molecule has 1 rings (SSSR count). The minimum atomic E-state index is -1.30. The van der Waals surface area contributed by atoms with Crippen LogP contribution >= 0.6 is 0 Å². The van der Waals surface area contributed by atoms with Gasteiger partial charge >= 0.3 is 5.97 Å². The Labute approximate surface area is 308 Å². The van der Waals surface area contributed by atoms with Crippen LogP contribution in [0.5, 0.6) is 5.75 Å².